The Labute approximate surface area is 209 Å². The predicted molar refractivity (Wildman–Crippen MR) is 139 cm³/mol. The number of aromatic nitrogens is 1. The maximum Gasteiger partial charge on any atom is 0.268 e. The topological polar surface area (TPSA) is 63.9 Å². The van der Waals surface area contributed by atoms with Crippen LogP contribution in [0.4, 0.5) is 0 Å². The van der Waals surface area contributed by atoms with Crippen LogP contribution in [0.25, 0.3) is 10.1 Å². The Morgan fingerprint density at radius 1 is 1.17 bits per heavy atom. The average molecular weight is 493 g/mol. The molecule has 1 spiro atoms. The molecule has 35 heavy (non-hydrogen) atoms. The van der Waals surface area contributed by atoms with Crippen LogP contribution < -0.4 is 15.0 Å². The van der Waals surface area contributed by atoms with Gasteiger partial charge in [-0.25, -0.2) is 0 Å². The molecule has 2 aliphatic heterocycles. The molecule has 2 aromatic carbocycles. The fraction of sp³-hybridized carbons (Fsp3) is 0.464. The summed E-state index contributed by atoms with van der Waals surface area (Å²) in [4.78, 5) is 15.1. The second-order valence-corrected chi connectivity index (χ2v) is 11.1. The summed E-state index contributed by atoms with van der Waals surface area (Å²) in [6.07, 6.45) is 8.46. The standard InChI is InChI=1S/C28H32N2O4S/c1-33-22-10-9-19-18-29(16-13-28-12-11-20(31)17-24(28)34-26(22)25(19)28)14-5-2-6-15-30-27(32)21-7-3-4-8-23(21)35-30/h3-4,7-12,20,24,31H,2,5-6,13-18H2,1H3/t20-,24-,28-/m0/s1. The molecular formula is C28H32N2O4S. The van der Waals surface area contributed by atoms with E-state index in [0.29, 0.717) is 6.42 Å². The number of aliphatic hydroxyl groups is 1. The molecule has 3 atom stereocenters. The number of ether oxygens (including phenoxy) is 2. The molecule has 0 saturated carbocycles. The van der Waals surface area contributed by atoms with Gasteiger partial charge in [0.2, 0.25) is 0 Å². The van der Waals surface area contributed by atoms with Gasteiger partial charge in [0.05, 0.1) is 28.7 Å². The second kappa shape index (κ2) is 9.12. The Kier molecular flexibility index (Phi) is 5.95. The molecule has 6 nitrogen and oxygen atoms in total. The van der Waals surface area contributed by atoms with Crippen molar-refractivity contribution >= 4 is 21.6 Å². The van der Waals surface area contributed by atoms with Gasteiger partial charge in [-0.3, -0.25) is 13.7 Å². The van der Waals surface area contributed by atoms with Crippen molar-refractivity contribution in [1.29, 1.82) is 0 Å². The SMILES string of the molecule is COc1ccc2c3c1O[C@H]1C[C@@H](O)C=C[C@@]31CCN(CCCCCn1sc3ccccc3c1=O)C2. The molecule has 3 aromatic rings. The van der Waals surface area contributed by atoms with Gasteiger partial charge in [-0.15, -0.1) is 0 Å². The van der Waals surface area contributed by atoms with Crippen LogP contribution in [0, 0.1) is 0 Å². The summed E-state index contributed by atoms with van der Waals surface area (Å²) >= 11 is 1.57. The van der Waals surface area contributed by atoms with Crippen LogP contribution >= 0.6 is 11.5 Å². The summed E-state index contributed by atoms with van der Waals surface area (Å²) in [6, 6.07) is 12.1. The fourth-order valence-corrected chi connectivity index (χ4v) is 7.15. The predicted octanol–water partition coefficient (Wildman–Crippen LogP) is 4.47. The van der Waals surface area contributed by atoms with E-state index in [0.717, 1.165) is 73.4 Å². The first kappa shape index (κ1) is 22.8. The number of hydrogen-bond acceptors (Lipinski definition) is 6. The van der Waals surface area contributed by atoms with E-state index < -0.39 is 6.10 Å². The van der Waals surface area contributed by atoms with Crippen LogP contribution in [0.15, 0.2) is 53.3 Å². The highest BCUT2D eigenvalue weighted by Crippen LogP contribution is 2.55. The van der Waals surface area contributed by atoms with E-state index in [4.69, 9.17) is 9.47 Å². The minimum absolute atomic E-state index is 0.0490. The van der Waals surface area contributed by atoms with E-state index in [-0.39, 0.29) is 17.1 Å². The molecule has 0 bridgehead atoms. The summed E-state index contributed by atoms with van der Waals surface area (Å²) < 4.78 is 15.0. The van der Waals surface area contributed by atoms with E-state index in [9.17, 15) is 9.90 Å². The Bertz CT molecular complexity index is 1330. The quantitative estimate of drug-likeness (QED) is 0.390. The molecule has 1 aliphatic carbocycles. The molecule has 0 saturated heterocycles. The van der Waals surface area contributed by atoms with Crippen molar-refractivity contribution in [2.45, 2.75) is 62.8 Å². The van der Waals surface area contributed by atoms with Crippen LogP contribution in [0.2, 0.25) is 0 Å². The van der Waals surface area contributed by atoms with Crippen LogP contribution in [0.5, 0.6) is 11.5 Å². The molecule has 0 fully saturated rings. The number of methoxy groups -OCH3 is 1. The Morgan fingerprint density at radius 2 is 2.03 bits per heavy atom. The van der Waals surface area contributed by atoms with Crippen molar-refractivity contribution < 1.29 is 14.6 Å². The van der Waals surface area contributed by atoms with Crippen LogP contribution in [-0.4, -0.2) is 46.4 Å². The highest BCUT2D eigenvalue weighted by atomic mass is 32.1. The second-order valence-electron chi connectivity index (χ2n) is 10.0. The zero-order valence-electron chi connectivity index (χ0n) is 20.1. The number of unbranched alkanes of at least 4 members (excludes halogenated alkanes) is 2. The number of aliphatic hydroxyl groups excluding tert-OH is 1. The summed E-state index contributed by atoms with van der Waals surface area (Å²) in [5.41, 5.74) is 2.52. The lowest BCUT2D eigenvalue weighted by molar-refractivity contribution is 0.0809. The summed E-state index contributed by atoms with van der Waals surface area (Å²) in [6.45, 7) is 3.72. The first-order valence-corrected chi connectivity index (χ1v) is 13.4. The van der Waals surface area contributed by atoms with Crippen molar-refractivity contribution in [3.63, 3.8) is 0 Å². The lowest BCUT2D eigenvalue weighted by Crippen LogP contribution is -2.43. The first-order chi connectivity index (χ1) is 17.1. The molecule has 6 rings (SSSR count). The largest absolute Gasteiger partial charge is 0.493 e. The normalized spacial score (nSPS) is 25.2. The van der Waals surface area contributed by atoms with E-state index >= 15 is 0 Å². The van der Waals surface area contributed by atoms with Gasteiger partial charge in [-0.1, -0.05) is 48.3 Å². The van der Waals surface area contributed by atoms with Crippen LogP contribution in [0.3, 0.4) is 0 Å². The van der Waals surface area contributed by atoms with E-state index in [1.54, 1.807) is 18.6 Å². The Balaban J connectivity index is 1.12. The Morgan fingerprint density at radius 3 is 2.89 bits per heavy atom. The molecule has 1 aromatic heterocycles. The van der Waals surface area contributed by atoms with E-state index in [1.165, 1.54) is 11.1 Å². The summed E-state index contributed by atoms with van der Waals surface area (Å²) in [7, 11) is 1.69. The zero-order valence-corrected chi connectivity index (χ0v) is 20.9. The van der Waals surface area contributed by atoms with Gasteiger partial charge < -0.3 is 14.6 Å². The molecular weight excluding hydrogens is 460 g/mol. The van der Waals surface area contributed by atoms with Crippen molar-refractivity contribution in [3.8, 4) is 11.5 Å². The Hall–Kier alpha value is -2.61. The monoisotopic (exact) mass is 492 g/mol. The van der Waals surface area contributed by atoms with Crippen molar-refractivity contribution in [3.05, 3.63) is 70.0 Å². The highest BCUT2D eigenvalue weighted by Gasteiger charge is 2.52. The third-order valence-electron chi connectivity index (χ3n) is 7.92. The van der Waals surface area contributed by atoms with Gasteiger partial charge in [-0.2, -0.15) is 0 Å². The molecule has 0 amide bonds. The van der Waals surface area contributed by atoms with E-state index in [2.05, 4.69) is 17.0 Å². The first-order valence-electron chi connectivity index (χ1n) is 12.6. The average Bonchev–Trinajstić information content (AvgIpc) is 3.31. The van der Waals surface area contributed by atoms with Gasteiger partial charge >= 0.3 is 0 Å². The number of fused-ring (bicyclic) bond motifs is 1. The molecule has 3 aliphatic rings. The number of benzene rings is 2. The van der Waals surface area contributed by atoms with Gasteiger partial charge in [0.25, 0.3) is 5.56 Å². The lowest BCUT2D eigenvalue weighted by atomic mass is 9.69. The van der Waals surface area contributed by atoms with E-state index in [1.807, 2.05) is 40.4 Å². The molecule has 3 heterocycles. The smallest absolute Gasteiger partial charge is 0.268 e. The van der Waals surface area contributed by atoms with Crippen molar-refractivity contribution in [2.75, 3.05) is 20.2 Å². The zero-order chi connectivity index (χ0) is 24.0. The van der Waals surface area contributed by atoms with Gasteiger partial charge in [0, 0.05) is 25.1 Å². The minimum atomic E-state index is -0.456. The van der Waals surface area contributed by atoms with Crippen LogP contribution in [0.1, 0.15) is 43.2 Å². The molecule has 1 N–H and O–H groups in total. The maximum absolute atomic E-state index is 12.6. The van der Waals surface area contributed by atoms with Crippen molar-refractivity contribution in [1.82, 2.24) is 8.86 Å². The summed E-state index contributed by atoms with van der Waals surface area (Å²) in [5.74, 6) is 1.65. The molecule has 0 radical (unpaired) electrons. The van der Waals surface area contributed by atoms with Gasteiger partial charge in [-0.05, 0) is 56.1 Å². The fourth-order valence-electron chi connectivity index (χ4n) is 6.12. The molecule has 0 unspecified atom stereocenters. The maximum atomic E-state index is 12.6. The lowest BCUT2D eigenvalue weighted by Gasteiger charge is -2.35. The number of hydrogen-bond donors (Lipinski definition) is 1. The van der Waals surface area contributed by atoms with Gasteiger partial charge in [0.1, 0.15) is 6.10 Å². The van der Waals surface area contributed by atoms with Crippen LogP contribution in [-0.2, 0) is 18.5 Å². The summed E-state index contributed by atoms with van der Waals surface area (Å²) in [5, 5.41) is 11.1. The molecule has 7 heteroatoms. The minimum Gasteiger partial charge on any atom is -0.493 e. The van der Waals surface area contributed by atoms with Crippen molar-refractivity contribution in [2.24, 2.45) is 0 Å². The number of aryl methyl sites for hydroxylation is 1. The highest BCUT2D eigenvalue weighted by molar-refractivity contribution is 7.13. The third kappa shape index (κ3) is 3.90. The third-order valence-corrected chi connectivity index (χ3v) is 9.04. The number of rotatable bonds is 7. The number of nitrogens with zero attached hydrogens (tertiary/aromatic N) is 2. The molecule has 184 valence electrons. The van der Waals surface area contributed by atoms with Gasteiger partial charge in [0.15, 0.2) is 11.5 Å².